The molecule has 0 atom stereocenters. The topological polar surface area (TPSA) is 54.9 Å². The van der Waals surface area contributed by atoms with Crippen LogP contribution in [-0.4, -0.2) is 15.9 Å². The highest BCUT2D eigenvalue weighted by atomic mass is 35.5. The van der Waals surface area contributed by atoms with Crippen LogP contribution in [0.5, 0.6) is 0 Å². The van der Waals surface area contributed by atoms with E-state index in [9.17, 15) is 18.0 Å². The minimum atomic E-state index is -1.66. The van der Waals surface area contributed by atoms with E-state index in [0.717, 1.165) is 0 Å². The van der Waals surface area contributed by atoms with Crippen LogP contribution in [0.4, 0.5) is 19.0 Å². The zero-order valence-corrected chi connectivity index (χ0v) is 10.9. The fraction of sp³-hybridized carbons (Fsp3) is 0. The molecular formula is C11H4Cl2F3N3O. The maximum absolute atomic E-state index is 13.0. The quantitative estimate of drug-likeness (QED) is 0.523. The number of hydrogen-bond acceptors (Lipinski definition) is 3. The van der Waals surface area contributed by atoms with Gasteiger partial charge in [-0.05, 0) is 23.7 Å². The molecule has 0 fully saturated rings. The van der Waals surface area contributed by atoms with Crippen LogP contribution in [-0.2, 0) is 0 Å². The lowest BCUT2D eigenvalue weighted by Crippen LogP contribution is -2.14. The first-order valence-electron chi connectivity index (χ1n) is 5.03. The van der Waals surface area contributed by atoms with Crippen LogP contribution in [0.1, 0.15) is 10.4 Å². The summed E-state index contributed by atoms with van der Waals surface area (Å²) in [4.78, 5) is 18.9. The molecule has 1 heterocycles. The predicted octanol–water partition coefficient (Wildman–Crippen LogP) is 3.45. The second-order valence-corrected chi connectivity index (χ2v) is 4.28. The van der Waals surface area contributed by atoms with Gasteiger partial charge < -0.3 is 5.32 Å². The van der Waals surface area contributed by atoms with Crippen molar-refractivity contribution in [3.05, 3.63) is 51.7 Å². The number of hydrogen-bond donors (Lipinski definition) is 1. The first-order chi connectivity index (χ1) is 9.36. The van der Waals surface area contributed by atoms with E-state index in [-0.39, 0.29) is 16.3 Å². The van der Waals surface area contributed by atoms with E-state index in [1.54, 1.807) is 0 Å². The van der Waals surface area contributed by atoms with Gasteiger partial charge in [-0.15, -0.1) is 0 Å². The van der Waals surface area contributed by atoms with Crippen LogP contribution in [0.2, 0.25) is 10.4 Å². The van der Waals surface area contributed by atoms with Crippen molar-refractivity contribution in [3.8, 4) is 0 Å². The SMILES string of the molecule is O=C(Nc1cc(Cl)nc(Cl)n1)c1cc(F)c(F)c(F)c1. The molecule has 0 saturated carbocycles. The summed E-state index contributed by atoms with van der Waals surface area (Å²) in [6.07, 6.45) is 0. The lowest BCUT2D eigenvalue weighted by Gasteiger charge is -2.06. The Kier molecular flexibility index (Phi) is 4.10. The Hall–Kier alpha value is -1.86. The molecule has 2 rings (SSSR count). The molecule has 0 bridgehead atoms. The summed E-state index contributed by atoms with van der Waals surface area (Å²) < 4.78 is 38.8. The molecule has 0 radical (unpaired) electrons. The molecule has 1 aromatic carbocycles. The molecule has 0 aliphatic rings. The van der Waals surface area contributed by atoms with E-state index in [2.05, 4.69) is 15.3 Å². The largest absolute Gasteiger partial charge is 0.306 e. The monoisotopic (exact) mass is 321 g/mol. The maximum Gasteiger partial charge on any atom is 0.257 e. The van der Waals surface area contributed by atoms with Crippen LogP contribution in [0, 0.1) is 17.5 Å². The van der Waals surface area contributed by atoms with Gasteiger partial charge in [0.15, 0.2) is 17.5 Å². The Morgan fingerprint density at radius 2 is 1.65 bits per heavy atom. The Morgan fingerprint density at radius 1 is 1.05 bits per heavy atom. The van der Waals surface area contributed by atoms with Gasteiger partial charge in [0.25, 0.3) is 5.91 Å². The van der Waals surface area contributed by atoms with Crippen LogP contribution in [0.15, 0.2) is 18.2 Å². The molecule has 0 aliphatic carbocycles. The van der Waals surface area contributed by atoms with E-state index in [1.165, 1.54) is 6.07 Å². The minimum Gasteiger partial charge on any atom is -0.306 e. The number of rotatable bonds is 2. The highest BCUT2D eigenvalue weighted by Gasteiger charge is 2.16. The van der Waals surface area contributed by atoms with Gasteiger partial charge in [-0.3, -0.25) is 4.79 Å². The number of anilines is 1. The molecule has 4 nitrogen and oxygen atoms in total. The van der Waals surface area contributed by atoms with E-state index in [0.29, 0.717) is 12.1 Å². The third kappa shape index (κ3) is 3.17. The molecule has 1 aromatic heterocycles. The van der Waals surface area contributed by atoms with Crippen molar-refractivity contribution < 1.29 is 18.0 Å². The molecule has 1 amide bonds. The number of nitrogens with zero attached hydrogens (tertiary/aromatic N) is 2. The zero-order valence-electron chi connectivity index (χ0n) is 9.42. The molecule has 20 heavy (non-hydrogen) atoms. The third-order valence-electron chi connectivity index (χ3n) is 2.16. The number of carbonyl (C=O) groups excluding carboxylic acids is 1. The smallest absolute Gasteiger partial charge is 0.257 e. The van der Waals surface area contributed by atoms with E-state index >= 15 is 0 Å². The molecular weight excluding hydrogens is 318 g/mol. The van der Waals surface area contributed by atoms with Gasteiger partial charge in [-0.1, -0.05) is 11.6 Å². The molecule has 104 valence electrons. The Balaban J connectivity index is 2.28. The number of nitrogens with one attached hydrogen (secondary N) is 1. The summed E-state index contributed by atoms with van der Waals surface area (Å²) in [5.74, 6) is -5.59. The van der Waals surface area contributed by atoms with Gasteiger partial charge in [0.05, 0.1) is 0 Å². The maximum atomic E-state index is 13.0. The van der Waals surface area contributed by atoms with Crippen molar-refractivity contribution in [2.75, 3.05) is 5.32 Å². The van der Waals surface area contributed by atoms with Gasteiger partial charge in [-0.2, -0.15) is 0 Å². The predicted molar refractivity (Wildman–Crippen MR) is 66.3 cm³/mol. The molecule has 0 spiro atoms. The number of carbonyl (C=O) groups is 1. The lowest BCUT2D eigenvalue weighted by atomic mass is 10.2. The molecule has 1 N–H and O–H groups in total. The van der Waals surface area contributed by atoms with Gasteiger partial charge in [0, 0.05) is 11.6 Å². The first kappa shape index (κ1) is 14.5. The van der Waals surface area contributed by atoms with E-state index < -0.39 is 28.9 Å². The number of amides is 1. The number of aromatic nitrogens is 2. The second kappa shape index (κ2) is 5.64. The van der Waals surface area contributed by atoms with Crippen molar-refractivity contribution in [2.45, 2.75) is 0 Å². The van der Waals surface area contributed by atoms with Crippen LogP contribution >= 0.6 is 23.2 Å². The molecule has 0 aliphatic heterocycles. The van der Waals surface area contributed by atoms with Crippen LogP contribution < -0.4 is 5.32 Å². The summed E-state index contributed by atoms with van der Waals surface area (Å²) in [7, 11) is 0. The zero-order chi connectivity index (χ0) is 14.9. The van der Waals surface area contributed by atoms with Crippen molar-refractivity contribution >= 4 is 34.9 Å². The highest BCUT2D eigenvalue weighted by Crippen LogP contribution is 2.17. The Bertz CT molecular complexity index is 653. The van der Waals surface area contributed by atoms with Crippen LogP contribution in [0.25, 0.3) is 0 Å². The normalized spacial score (nSPS) is 10.4. The van der Waals surface area contributed by atoms with Gasteiger partial charge in [0.2, 0.25) is 5.28 Å². The molecule has 0 saturated heterocycles. The minimum absolute atomic E-state index is 0.0308. The van der Waals surface area contributed by atoms with Crippen LogP contribution in [0.3, 0.4) is 0 Å². The van der Waals surface area contributed by atoms with Crippen molar-refractivity contribution in [1.29, 1.82) is 0 Å². The molecule has 9 heteroatoms. The Labute approximate surface area is 120 Å². The summed E-state index contributed by atoms with van der Waals surface area (Å²) in [6, 6.07) is 2.29. The third-order valence-corrected chi connectivity index (χ3v) is 2.52. The lowest BCUT2D eigenvalue weighted by molar-refractivity contribution is 0.102. The van der Waals surface area contributed by atoms with E-state index in [1.807, 2.05) is 0 Å². The summed E-state index contributed by atoms with van der Waals surface area (Å²) in [5.41, 5.74) is -0.424. The Morgan fingerprint density at radius 3 is 2.20 bits per heavy atom. The average Bonchev–Trinajstić information content (AvgIpc) is 2.33. The second-order valence-electron chi connectivity index (χ2n) is 3.55. The average molecular weight is 322 g/mol. The number of benzene rings is 1. The van der Waals surface area contributed by atoms with Gasteiger partial charge in [0.1, 0.15) is 11.0 Å². The molecule has 2 aromatic rings. The number of halogens is 5. The van der Waals surface area contributed by atoms with E-state index in [4.69, 9.17) is 23.2 Å². The summed E-state index contributed by atoms with van der Waals surface area (Å²) in [6.45, 7) is 0. The van der Waals surface area contributed by atoms with Crippen molar-refractivity contribution in [1.82, 2.24) is 9.97 Å². The standard InChI is InChI=1S/C11H4Cl2F3N3O/c12-7-3-8(19-11(13)17-7)18-10(20)4-1-5(14)9(16)6(15)2-4/h1-3H,(H,17,18,19,20). The summed E-state index contributed by atoms with van der Waals surface area (Å²) >= 11 is 11.1. The molecule has 0 unspecified atom stereocenters. The highest BCUT2D eigenvalue weighted by molar-refractivity contribution is 6.32. The van der Waals surface area contributed by atoms with Gasteiger partial charge >= 0.3 is 0 Å². The summed E-state index contributed by atoms with van der Waals surface area (Å²) in [5, 5.41) is 1.95. The van der Waals surface area contributed by atoms with Crippen molar-refractivity contribution in [3.63, 3.8) is 0 Å². The fourth-order valence-electron chi connectivity index (χ4n) is 1.33. The van der Waals surface area contributed by atoms with Crippen molar-refractivity contribution in [2.24, 2.45) is 0 Å². The fourth-order valence-corrected chi connectivity index (χ4v) is 1.74. The van der Waals surface area contributed by atoms with Gasteiger partial charge in [-0.25, -0.2) is 23.1 Å². The first-order valence-corrected chi connectivity index (χ1v) is 5.78.